The van der Waals surface area contributed by atoms with Crippen LogP contribution in [0, 0.1) is 0 Å². The van der Waals surface area contributed by atoms with Gasteiger partial charge in [-0.15, -0.1) is 0 Å². The quantitative estimate of drug-likeness (QED) is 0.741. The van der Waals surface area contributed by atoms with Crippen LogP contribution in [0.15, 0.2) is 18.2 Å². The number of hydrogen-bond donors (Lipinski definition) is 2. The number of rotatable bonds is 2. The molecule has 66 valence electrons. The van der Waals surface area contributed by atoms with Crippen LogP contribution in [0.4, 0.5) is 5.69 Å². The molecule has 3 heteroatoms. The summed E-state index contributed by atoms with van der Waals surface area (Å²) in [4.78, 5) is 0. The number of nitrogens with two attached hydrogens (primary N) is 1. The fraction of sp³-hybridized carbons (Fsp3) is 0.333. The molecule has 0 aliphatic rings. The van der Waals surface area contributed by atoms with E-state index in [-0.39, 0.29) is 6.04 Å². The molecule has 0 aromatic heterocycles. The molecule has 0 heterocycles. The molecular formula is C9H13ClN2. The Morgan fingerprint density at radius 3 is 2.67 bits per heavy atom. The van der Waals surface area contributed by atoms with Gasteiger partial charge in [0.25, 0.3) is 0 Å². The molecule has 1 atom stereocenters. The minimum absolute atomic E-state index is 0.00569. The van der Waals surface area contributed by atoms with Gasteiger partial charge < -0.3 is 11.1 Å². The molecule has 0 aliphatic heterocycles. The van der Waals surface area contributed by atoms with Crippen LogP contribution in [0.5, 0.6) is 0 Å². The van der Waals surface area contributed by atoms with E-state index in [1.165, 1.54) is 0 Å². The second kappa shape index (κ2) is 3.78. The van der Waals surface area contributed by atoms with Crippen molar-refractivity contribution >= 4 is 17.3 Å². The second-order valence-corrected chi connectivity index (χ2v) is 3.21. The normalized spacial score (nSPS) is 12.7. The molecule has 0 spiro atoms. The Labute approximate surface area is 77.7 Å². The monoisotopic (exact) mass is 184 g/mol. The summed E-state index contributed by atoms with van der Waals surface area (Å²) in [6, 6.07) is 5.67. The molecular weight excluding hydrogens is 172 g/mol. The molecule has 1 aromatic rings. The van der Waals surface area contributed by atoms with Gasteiger partial charge in [-0.25, -0.2) is 0 Å². The maximum absolute atomic E-state index is 5.83. The third-order valence-electron chi connectivity index (χ3n) is 1.77. The first-order valence-corrected chi connectivity index (χ1v) is 4.25. The summed E-state index contributed by atoms with van der Waals surface area (Å²) in [6.07, 6.45) is 0. The predicted molar refractivity (Wildman–Crippen MR) is 53.6 cm³/mol. The topological polar surface area (TPSA) is 38.0 Å². The van der Waals surface area contributed by atoms with Crippen molar-refractivity contribution in [2.75, 3.05) is 12.4 Å². The standard InChI is InChI=1S/C9H13ClN2/c1-6(11)8-5-7(10)3-4-9(8)12-2/h3-6,12H,11H2,1-2H3. The smallest absolute Gasteiger partial charge is 0.0410 e. The summed E-state index contributed by atoms with van der Waals surface area (Å²) in [5, 5.41) is 3.79. The number of nitrogens with one attached hydrogen (secondary N) is 1. The third kappa shape index (κ3) is 1.90. The van der Waals surface area contributed by atoms with E-state index >= 15 is 0 Å². The molecule has 1 aromatic carbocycles. The fourth-order valence-corrected chi connectivity index (χ4v) is 1.32. The highest BCUT2D eigenvalue weighted by Crippen LogP contribution is 2.24. The van der Waals surface area contributed by atoms with Crippen LogP contribution in [-0.4, -0.2) is 7.05 Å². The number of benzene rings is 1. The van der Waals surface area contributed by atoms with Crippen LogP contribution in [0.1, 0.15) is 18.5 Å². The lowest BCUT2D eigenvalue weighted by Crippen LogP contribution is -2.07. The maximum Gasteiger partial charge on any atom is 0.0410 e. The van der Waals surface area contributed by atoms with Gasteiger partial charge in [-0.1, -0.05) is 11.6 Å². The van der Waals surface area contributed by atoms with Crippen LogP contribution in [0.2, 0.25) is 5.02 Å². The van der Waals surface area contributed by atoms with Crippen molar-refractivity contribution in [1.29, 1.82) is 0 Å². The molecule has 0 saturated carbocycles. The van der Waals surface area contributed by atoms with E-state index in [0.717, 1.165) is 16.3 Å². The van der Waals surface area contributed by atoms with Crippen molar-refractivity contribution in [3.05, 3.63) is 28.8 Å². The summed E-state index contributed by atoms with van der Waals surface area (Å²) in [5.41, 5.74) is 7.84. The molecule has 1 unspecified atom stereocenters. The van der Waals surface area contributed by atoms with Gasteiger partial charge in [0, 0.05) is 23.8 Å². The van der Waals surface area contributed by atoms with Crippen molar-refractivity contribution in [1.82, 2.24) is 0 Å². The van der Waals surface area contributed by atoms with E-state index in [4.69, 9.17) is 17.3 Å². The van der Waals surface area contributed by atoms with Crippen LogP contribution in [0.25, 0.3) is 0 Å². The zero-order valence-electron chi connectivity index (χ0n) is 7.26. The van der Waals surface area contributed by atoms with Gasteiger partial charge in [0.15, 0.2) is 0 Å². The lowest BCUT2D eigenvalue weighted by Gasteiger charge is -2.12. The first-order valence-electron chi connectivity index (χ1n) is 3.88. The van der Waals surface area contributed by atoms with Crippen LogP contribution >= 0.6 is 11.6 Å². The Hall–Kier alpha value is -0.730. The van der Waals surface area contributed by atoms with Gasteiger partial charge >= 0.3 is 0 Å². The largest absolute Gasteiger partial charge is 0.388 e. The van der Waals surface area contributed by atoms with E-state index in [0.29, 0.717) is 0 Å². The van der Waals surface area contributed by atoms with E-state index in [1.54, 1.807) is 0 Å². The minimum Gasteiger partial charge on any atom is -0.388 e. The highest BCUT2D eigenvalue weighted by molar-refractivity contribution is 6.30. The minimum atomic E-state index is 0.00569. The number of halogens is 1. The van der Waals surface area contributed by atoms with Gasteiger partial charge in [0.05, 0.1) is 0 Å². The molecule has 3 N–H and O–H groups in total. The summed E-state index contributed by atoms with van der Waals surface area (Å²) in [7, 11) is 1.87. The average Bonchev–Trinajstić information content (AvgIpc) is 2.04. The molecule has 12 heavy (non-hydrogen) atoms. The van der Waals surface area contributed by atoms with E-state index in [1.807, 2.05) is 32.2 Å². The molecule has 0 saturated heterocycles. The van der Waals surface area contributed by atoms with Crippen molar-refractivity contribution in [2.24, 2.45) is 5.73 Å². The third-order valence-corrected chi connectivity index (χ3v) is 2.01. The summed E-state index contributed by atoms with van der Waals surface area (Å²) in [6.45, 7) is 1.94. The highest BCUT2D eigenvalue weighted by atomic mass is 35.5. The van der Waals surface area contributed by atoms with Crippen molar-refractivity contribution in [3.63, 3.8) is 0 Å². The van der Waals surface area contributed by atoms with E-state index in [9.17, 15) is 0 Å². The number of hydrogen-bond acceptors (Lipinski definition) is 2. The Bertz CT molecular complexity index is 271. The zero-order valence-corrected chi connectivity index (χ0v) is 8.02. The lowest BCUT2D eigenvalue weighted by atomic mass is 10.1. The van der Waals surface area contributed by atoms with E-state index in [2.05, 4.69) is 5.32 Å². The summed E-state index contributed by atoms with van der Waals surface area (Å²) < 4.78 is 0. The van der Waals surface area contributed by atoms with Gasteiger partial charge in [0.1, 0.15) is 0 Å². The summed E-state index contributed by atoms with van der Waals surface area (Å²) >= 11 is 5.83. The van der Waals surface area contributed by atoms with Gasteiger partial charge in [-0.3, -0.25) is 0 Å². The molecule has 2 nitrogen and oxygen atoms in total. The Morgan fingerprint density at radius 2 is 2.17 bits per heavy atom. The van der Waals surface area contributed by atoms with Crippen LogP contribution < -0.4 is 11.1 Å². The van der Waals surface area contributed by atoms with Crippen LogP contribution in [0.3, 0.4) is 0 Å². The van der Waals surface area contributed by atoms with Crippen molar-refractivity contribution in [2.45, 2.75) is 13.0 Å². The maximum atomic E-state index is 5.83. The SMILES string of the molecule is CNc1ccc(Cl)cc1C(C)N. The molecule has 0 bridgehead atoms. The molecule has 1 rings (SSSR count). The molecule has 0 fully saturated rings. The Kier molecular flexibility index (Phi) is 2.95. The fourth-order valence-electron chi connectivity index (χ4n) is 1.14. The van der Waals surface area contributed by atoms with Crippen molar-refractivity contribution in [3.8, 4) is 0 Å². The van der Waals surface area contributed by atoms with Gasteiger partial charge in [-0.05, 0) is 30.7 Å². The van der Waals surface area contributed by atoms with Gasteiger partial charge in [0.2, 0.25) is 0 Å². The average molecular weight is 185 g/mol. The summed E-state index contributed by atoms with van der Waals surface area (Å²) in [5.74, 6) is 0. The zero-order chi connectivity index (χ0) is 9.14. The van der Waals surface area contributed by atoms with Gasteiger partial charge in [-0.2, -0.15) is 0 Å². The second-order valence-electron chi connectivity index (χ2n) is 2.77. The number of anilines is 1. The highest BCUT2D eigenvalue weighted by Gasteiger charge is 2.05. The van der Waals surface area contributed by atoms with Crippen LogP contribution in [-0.2, 0) is 0 Å². The molecule has 0 aliphatic carbocycles. The molecule has 0 amide bonds. The van der Waals surface area contributed by atoms with E-state index < -0.39 is 0 Å². The predicted octanol–water partition coefficient (Wildman–Crippen LogP) is 2.40. The Morgan fingerprint density at radius 1 is 1.50 bits per heavy atom. The first kappa shape index (κ1) is 9.36. The first-order chi connectivity index (χ1) is 5.65. The lowest BCUT2D eigenvalue weighted by molar-refractivity contribution is 0.820. The molecule has 0 radical (unpaired) electrons. The van der Waals surface area contributed by atoms with Crippen molar-refractivity contribution < 1.29 is 0 Å². The Balaban J connectivity index is 3.12.